The first-order chi connectivity index (χ1) is 6.37. The molecular formula is C11H22N2. The Labute approximate surface area is 81.5 Å². The average Bonchev–Trinajstić information content (AvgIpc) is 2.69. The van der Waals surface area contributed by atoms with Gasteiger partial charge in [0.2, 0.25) is 0 Å². The van der Waals surface area contributed by atoms with Crippen molar-refractivity contribution >= 4 is 0 Å². The number of piperidine rings is 1. The van der Waals surface area contributed by atoms with Crippen molar-refractivity contribution < 1.29 is 0 Å². The predicted octanol–water partition coefficient (Wildman–Crippen LogP) is 1.52. The molecule has 13 heavy (non-hydrogen) atoms. The number of nitrogens with one attached hydrogen (secondary N) is 2. The summed E-state index contributed by atoms with van der Waals surface area (Å²) >= 11 is 0. The summed E-state index contributed by atoms with van der Waals surface area (Å²) in [4.78, 5) is 0. The van der Waals surface area contributed by atoms with Gasteiger partial charge in [-0.25, -0.2) is 0 Å². The van der Waals surface area contributed by atoms with Crippen molar-refractivity contribution in [3.63, 3.8) is 0 Å². The summed E-state index contributed by atoms with van der Waals surface area (Å²) in [5.74, 6) is 0.932. The first-order valence-corrected chi connectivity index (χ1v) is 5.83. The van der Waals surface area contributed by atoms with Gasteiger partial charge < -0.3 is 10.6 Å². The number of rotatable bonds is 2. The third-order valence-corrected chi connectivity index (χ3v) is 4.03. The molecule has 0 aromatic rings. The highest BCUT2D eigenvalue weighted by molar-refractivity contribution is 4.98. The van der Waals surface area contributed by atoms with Gasteiger partial charge in [0.25, 0.3) is 0 Å². The fourth-order valence-corrected chi connectivity index (χ4v) is 3.14. The molecule has 0 aromatic carbocycles. The molecule has 0 aliphatic carbocycles. The molecule has 1 atom stereocenters. The van der Waals surface area contributed by atoms with Crippen LogP contribution in [0.4, 0.5) is 0 Å². The summed E-state index contributed by atoms with van der Waals surface area (Å²) in [6.07, 6.45) is 6.87. The normalized spacial score (nSPS) is 36.7. The van der Waals surface area contributed by atoms with Crippen LogP contribution in [0.25, 0.3) is 0 Å². The molecule has 2 saturated heterocycles. The Kier molecular flexibility index (Phi) is 2.89. The van der Waals surface area contributed by atoms with Gasteiger partial charge in [0, 0.05) is 5.54 Å². The second-order valence-electron chi connectivity index (χ2n) is 4.56. The minimum Gasteiger partial charge on any atom is -0.317 e. The van der Waals surface area contributed by atoms with E-state index in [0.717, 1.165) is 5.92 Å². The Morgan fingerprint density at radius 2 is 2.00 bits per heavy atom. The molecule has 2 N–H and O–H groups in total. The Morgan fingerprint density at radius 3 is 2.54 bits per heavy atom. The van der Waals surface area contributed by atoms with E-state index in [1.165, 1.54) is 51.7 Å². The van der Waals surface area contributed by atoms with Crippen LogP contribution in [-0.4, -0.2) is 25.2 Å². The van der Waals surface area contributed by atoms with Crippen LogP contribution in [0.1, 0.15) is 39.0 Å². The molecule has 0 aromatic heterocycles. The van der Waals surface area contributed by atoms with Gasteiger partial charge in [-0.3, -0.25) is 0 Å². The Morgan fingerprint density at radius 1 is 1.23 bits per heavy atom. The number of hydrogen-bond acceptors (Lipinski definition) is 2. The molecule has 2 heteroatoms. The van der Waals surface area contributed by atoms with Gasteiger partial charge in [-0.2, -0.15) is 0 Å². The molecule has 2 heterocycles. The highest BCUT2D eigenvalue weighted by Crippen LogP contribution is 2.35. The molecule has 0 amide bonds. The van der Waals surface area contributed by atoms with Crippen LogP contribution < -0.4 is 10.6 Å². The lowest BCUT2D eigenvalue weighted by Crippen LogP contribution is -2.49. The van der Waals surface area contributed by atoms with Crippen LogP contribution in [-0.2, 0) is 0 Å². The third kappa shape index (κ3) is 1.75. The maximum atomic E-state index is 3.76. The standard InChI is InChI=1S/C11H22N2/c1-2-11(6-3-7-13-11)10-4-8-12-9-5-10/h10,12-13H,2-9H2,1H3. The van der Waals surface area contributed by atoms with Crippen molar-refractivity contribution in [1.82, 2.24) is 10.6 Å². The van der Waals surface area contributed by atoms with Crippen LogP contribution >= 0.6 is 0 Å². The summed E-state index contributed by atoms with van der Waals surface area (Å²) in [5, 5.41) is 7.21. The molecule has 0 bridgehead atoms. The maximum absolute atomic E-state index is 3.76. The summed E-state index contributed by atoms with van der Waals surface area (Å²) in [7, 11) is 0. The number of hydrogen-bond donors (Lipinski definition) is 2. The zero-order chi connectivity index (χ0) is 9.15. The molecule has 2 aliphatic rings. The fraction of sp³-hybridized carbons (Fsp3) is 1.00. The quantitative estimate of drug-likeness (QED) is 0.676. The molecule has 2 fully saturated rings. The topological polar surface area (TPSA) is 24.1 Å². The molecule has 2 rings (SSSR count). The van der Waals surface area contributed by atoms with Crippen LogP contribution in [0.5, 0.6) is 0 Å². The van der Waals surface area contributed by atoms with Crippen LogP contribution in [0.3, 0.4) is 0 Å². The van der Waals surface area contributed by atoms with Crippen LogP contribution in [0.2, 0.25) is 0 Å². The zero-order valence-electron chi connectivity index (χ0n) is 8.73. The summed E-state index contributed by atoms with van der Waals surface area (Å²) in [6, 6.07) is 0. The lowest BCUT2D eigenvalue weighted by molar-refractivity contribution is 0.183. The van der Waals surface area contributed by atoms with Crippen molar-refractivity contribution in [2.24, 2.45) is 5.92 Å². The largest absolute Gasteiger partial charge is 0.317 e. The van der Waals surface area contributed by atoms with E-state index in [1.54, 1.807) is 0 Å². The smallest absolute Gasteiger partial charge is 0.0208 e. The van der Waals surface area contributed by atoms with Crippen molar-refractivity contribution in [3.05, 3.63) is 0 Å². The molecule has 0 saturated carbocycles. The van der Waals surface area contributed by atoms with Gasteiger partial charge in [0.05, 0.1) is 0 Å². The molecule has 2 nitrogen and oxygen atoms in total. The van der Waals surface area contributed by atoms with Gasteiger partial charge in [0.15, 0.2) is 0 Å². The molecule has 1 unspecified atom stereocenters. The molecular weight excluding hydrogens is 160 g/mol. The summed E-state index contributed by atoms with van der Waals surface area (Å²) in [6.45, 7) is 6.06. The van der Waals surface area contributed by atoms with E-state index in [9.17, 15) is 0 Å². The van der Waals surface area contributed by atoms with Crippen LogP contribution in [0.15, 0.2) is 0 Å². The van der Waals surface area contributed by atoms with E-state index < -0.39 is 0 Å². The Bertz CT molecular complexity index is 155. The third-order valence-electron chi connectivity index (χ3n) is 4.03. The summed E-state index contributed by atoms with van der Waals surface area (Å²) in [5.41, 5.74) is 0.516. The van der Waals surface area contributed by atoms with E-state index in [1.807, 2.05) is 0 Å². The highest BCUT2D eigenvalue weighted by Gasteiger charge is 2.39. The second kappa shape index (κ2) is 3.97. The highest BCUT2D eigenvalue weighted by atomic mass is 15.0. The molecule has 2 aliphatic heterocycles. The fourth-order valence-electron chi connectivity index (χ4n) is 3.14. The SMILES string of the molecule is CCC1(C2CCNCC2)CCCN1. The van der Waals surface area contributed by atoms with Crippen molar-refractivity contribution in [2.45, 2.75) is 44.6 Å². The van der Waals surface area contributed by atoms with E-state index in [-0.39, 0.29) is 0 Å². The second-order valence-corrected chi connectivity index (χ2v) is 4.56. The summed E-state index contributed by atoms with van der Waals surface area (Å²) < 4.78 is 0. The van der Waals surface area contributed by atoms with Crippen LogP contribution in [0, 0.1) is 5.92 Å². The minimum absolute atomic E-state index is 0.516. The Hall–Kier alpha value is -0.0800. The average molecular weight is 182 g/mol. The van der Waals surface area contributed by atoms with Gasteiger partial charge in [-0.1, -0.05) is 6.92 Å². The lowest BCUT2D eigenvalue weighted by atomic mass is 9.75. The Balaban J connectivity index is 2.01. The van der Waals surface area contributed by atoms with E-state index in [0.29, 0.717) is 5.54 Å². The van der Waals surface area contributed by atoms with Crippen molar-refractivity contribution in [3.8, 4) is 0 Å². The zero-order valence-corrected chi connectivity index (χ0v) is 8.73. The van der Waals surface area contributed by atoms with Crippen molar-refractivity contribution in [2.75, 3.05) is 19.6 Å². The van der Waals surface area contributed by atoms with Crippen molar-refractivity contribution in [1.29, 1.82) is 0 Å². The van der Waals surface area contributed by atoms with E-state index >= 15 is 0 Å². The van der Waals surface area contributed by atoms with E-state index in [4.69, 9.17) is 0 Å². The predicted molar refractivity (Wildman–Crippen MR) is 55.9 cm³/mol. The van der Waals surface area contributed by atoms with Gasteiger partial charge in [-0.05, 0) is 57.7 Å². The molecule has 0 radical (unpaired) electrons. The maximum Gasteiger partial charge on any atom is 0.0208 e. The lowest BCUT2D eigenvalue weighted by Gasteiger charge is -2.39. The van der Waals surface area contributed by atoms with Gasteiger partial charge in [-0.15, -0.1) is 0 Å². The minimum atomic E-state index is 0.516. The molecule has 76 valence electrons. The monoisotopic (exact) mass is 182 g/mol. The molecule has 0 spiro atoms. The first-order valence-electron chi connectivity index (χ1n) is 5.83. The first kappa shape index (κ1) is 9.47. The van der Waals surface area contributed by atoms with Gasteiger partial charge >= 0.3 is 0 Å². The van der Waals surface area contributed by atoms with E-state index in [2.05, 4.69) is 17.6 Å². The van der Waals surface area contributed by atoms with Gasteiger partial charge in [0.1, 0.15) is 0 Å².